The van der Waals surface area contributed by atoms with Gasteiger partial charge in [-0.25, -0.2) is 0 Å². The SMILES string of the molecule is Cn1ncc(C(=O)NC[C@H]2C[C@H]3C=C[C@@H]2C3)c1-n1cccc1. The normalized spacial score (nSPS) is 25.8. The molecule has 0 spiro atoms. The highest BCUT2D eigenvalue weighted by molar-refractivity contribution is 5.97. The van der Waals surface area contributed by atoms with Crippen molar-refractivity contribution in [3.05, 3.63) is 48.4 Å². The third kappa shape index (κ3) is 2.17. The molecule has 22 heavy (non-hydrogen) atoms. The van der Waals surface area contributed by atoms with Gasteiger partial charge in [-0.3, -0.25) is 9.48 Å². The predicted molar refractivity (Wildman–Crippen MR) is 83.7 cm³/mol. The standard InChI is InChI=1S/C17H20N4O/c1-20-17(21-6-2-3-7-21)15(11-19-20)16(22)18-10-14-9-12-4-5-13(14)8-12/h2-7,11-14H,8-10H2,1H3,(H,18,22)/t12-,13+,14+/m0/s1. The first kappa shape index (κ1) is 13.4. The lowest BCUT2D eigenvalue weighted by Gasteiger charge is -2.18. The van der Waals surface area contributed by atoms with Crippen LogP contribution in [0.5, 0.6) is 0 Å². The summed E-state index contributed by atoms with van der Waals surface area (Å²) >= 11 is 0. The Labute approximate surface area is 129 Å². The second kappa shape index (κ2) is 5.16. The minimum absolute atomic E-state index is 0.0384. The summed E-state index contributed by atoms with van der Waals surface area (Å²) in [5, 5.41) is 7.34. The fraction of sp³-hybridized carbons (Fsp3) is 0.412. The molecular weight excluding hydrogens is 276 g/mol. The third-order valence-corrected chi connectivity index (χ3v) is 4.94. The van der Waals surface area contributed by atoms with E-state index in [2.05, 4.69) is 22.6 Å². The molecule has 1 fully saturated rings. The van der Waals surface area contributed by atoms with Crippen LogP contribution in [0.25, 0.3) is 5.82 Å². The van der Waals surface area contributed by atoms with Gasteiger partial charge in [-0.1, -0.05) is 12.2 Å². The Morgan fingerprint density at radius 1 is 1.32 bits per heavy atom. The highest BCUT2D eigenvalue weighted by Gasteiger charge is 2.35. The largest absolute Gasteiger partial charge is 0.352 e. The van der Waals surface area contributed by atoms with Gasteiger partial charge in [0.1, 0.15) is 11.4 Å². The Hall–Kier alpha value is -2.30. The second-order valence-corrected chi connectivity index (χ2v) is 6.35. The summed E-state index contributed by atoms with van der Waals surface area (Å²) in [6.45, 7) is 0.754. The molecule has 0 unspecified atom stereocenters. The molecule has 5 heteroatoms. The van der Waals surface area contributed by atoms with E-state index >= 15 is 0 Å². The van der Waals surface area contributed by atoms with Crippen molar-refractivity contribution in [3.63, 3.8) is 0 Å². The monoisotopic (exact) mass is 296 g/mol. The summed E-state index contributed by atoms with van der Waals surface area (Å²) in [6, 6.07) is 3.88. The maximum atomic E-state index is 12.5. The summed E-state index contributed by atoms with van der Waals surface area (Å²) in [5.41, 5.74) is 0.623. The molecule has 0 radical (unpaired) electrons. The van der Waals surface area contributed by atoms with Crippen LogP contribution in [-0.2, 0) is 7.05 Å². The van der Waals surface area contributed by atoms with Crippen molar-refractivity contribution >= 4 is 5.91 Å². The molecule has 1 saturated carbocycles. The van der Waals surface area contributed by atoms with Crippen molar-refractivity contribution in [1.29, 1.82) is 0 Å². The van der Waals surface area contributed by atoms with E-state index in [1.54, 1.807) is 10.9 Å². The van der Waals surface area contributed by atoms with E-state index < -0.39 is 0 Å². The first-order valence-electron chi connectivity index (χ1n) is 7.84. The van der Waals surface area contributed by atoms with Crippen molar-refractivity contribution in [1.82, 2.24) is 19.7 Å². The van der Waals surface area contributed by atoms with E-state index in [-0.39, 0.29) is 5.91 Å². The first-order valence-corrected chi connectivity index (χ1v) is 7.84. The molecule has 0 aliphatic heterocycles. The molecule has 0 saturated heterocycles. The van der Waals surface area contributed by atoms with Crippen LogP contribution in [0.4, 0.5) is 0 Å². The molecule has 4 rings (SSSR count). The number of carbonyl (C=O) groups excluding carboxylic acids is 1. The number of hydrogen-bond donors (Lipinski definition) is 1. The number of carbonyl (C=O) groups is 1. The lowest BCUT2D eigenvalue weighted by Crippen LogP contribution is -2.31. The van der Waals surface area contributed by atoms with Crippen LogP contribution in [0.1, 0.15) is 23.2 Å². The lowest BCUT2D eigenvalue weighted by molar-refractivity contribution is 0.0945. The average molecular weight is 296 g/mol. The van der Waals surface area contributed by atoms with Gasteiger partial charge in [0.2, 0.25) is 0 Å². The molecule has 5 nitrogen and oxygen atoms in total. The summed E-state index contributed by atoms with van der Waals surface area (Å²) in [5.74, 6) is 2.74. The third-order valence-electron chi connectivity index (χ3n) is 4.94. The van der Waals surface area contributed by atoms with Crippen LogP contribution in [0.2, 0.25) is 0 Å². The van der Waals surface area contributed by atoms with Crippen LogP contribution in [-0.4, -0.2) is 26.8 Å². The van der Waals surface area contributed by atoms with E-state index in [9.17, 15) is 4.79 Å². The van der Waals surface area contributed by atoms with Gasteiger partial charge in [0.15, 0.2) is 0 Å². The summed E-state index contributed by atoms with van der Waals surface area (Å²) in [7, 11) is 1.85. The number of allylic oxidation sites excluding steroid dienone is 2. The number of amides is 1. The van der Waals surface area contributed by atoms with Crippen LogP contribution >= 0.6 is 0 Å². The number of nitrogens with zero attached hydrogens (tertiary/aromatic N) is 3. The number of rotatable bonds is 4. The molecule has 2 aromatic rings. The van der Waals surface area contributed by atoms with Crippen LogP contribution < -0.4 is 5.32 Å². The van der Waals surface area contributed by atoms with Gasteiger partial charge in [-0.15, -0.1) is 0 Å². The Bertz CT molecular complexity index is 713. The fourth-order valence-electron chi connectivity index (χ4n) is 3.82. The van der Waals surface area contributed by atoms with E-state index in [1.165, 1.54) is 12.8 Å². The minimum atomic E-state index is -0.0384. The molecule has 2 aromatic heterocycles. The zero-order valence-electron chi connectivity index (χ0n) is 12.6. The molecule has 2 aliphatic carbocycles. The number of hydrogen-bond acceptors (Lipinski definition) is 2. The summed E-state index contributed by atoms with van der Waals surface area (Å²) in [6.07, 6.45) is 12.6. The van der Waals surface area contributed by atoms with Gasteiger partial charge in [0.05, 0.1) is 6.20 Å². The van der Waals surface area contributed by atoms with Crippen molar-refractivity contribution in [3.8, 4) is 5.82 Å². The minimum Gasteiger partial charge on any atom is -0.352 e. The molecule has 2 aliphatic rings. The van der Waals surface area contributed by atoms with Crippen LogP contribution in [0.15, 0.2) is 42.9 Å². The molecule has 2 bridgehead atoms. The maximum absolute atomic E-state index is 12.5. The molecular formula is C17H20N4O. The quantitative estimate of drug-likeness (QED) is 0.879. The van der Waals surface area contributed by atoms with Gasteiger partial charge < -0.3 is 9.88 Å². The number of nitrogens with one attached hydrogen (secondary N) is 1. The highest BCUT2D eigenvalue weighted by Crippen LogP contribution is 2.42. The van der Waals surface area contributed by atoms with Crippen molar-refractivity contribution in [2.24, 2.45) is 24.8 Å². The van der Waals surface area contributed by atoms with Gasteiger partial charge in [-0.05, 0) is 42.7 Å². The number of fused-ring (bicyclic) bond motifs is 2. The zero-order chi connectivity index (χ0) is 15.1. The van der Waals surface area contributed by atoms with E-state index in [4.69, 9.17) is 0 Å². The van der Waals surface area contributed by atoms with Crippen LogP contribution in [0, 0.1) is 17.8 Å². The number of aromatic nitrogens is 3. The Kier molecular flexibility index (Phi) is 3.13. The topological polar surface area (TPSA) is 51.9 Å². The lowest BCUT2D eigenvalue weighted by atomic mass is 9.93. The molecule has 114 valence electrons. The first-order chi connectivity index (χ1) is 10.7. The van der Waals surface area contributed by atoms with Crippen LogP contribution in [0.3, 0.4) is 0 Å². The molecule has 2 heterocycles. The van der Waals surface area contributed by atoms with Gasteiger partial charge in [0.25, 0.3) is 5.91 Å². The van der Waals surface area contributed by atoms with Gasteiger partial charge in [-0.2, -0.15) is 5.10 Å². The maximum Gasteiger partial charge on any atom is 0.256 e. The van der Waals surface area contributed by atoms with E-state index in [1.807, 2.05) is 36.1 Å². The van der Waals surface area contributed by atoms with Crippen molar-refractivity contribution < 1.29 is 4.79 Å². The summed E-state index contributed by atoms with van der Waals surface area (Å²) in [4.78, 5) is 12.5. The van der Waals surface area contributed by atoms with Crippen molar-refractivity contribution in [2.45, 2.75) is 12.8 Å². The van der Waals surface area contributed by atoms with Crippen molar-refractivity contribution in [2.75, 3.05) is 6.54 Å². The number of aryl methyl sites for hydroxylation is 1. The highest BCUT2D eigenvalue weighted by atomic mass is 16.1. The second-order valence-electron chi connectivity index (χ2n) is 6.35. The fourth-order valence-corrected chi connectivity index (χ4v) is 3.82. The Morgan fingerprint density at radius 3 is 2.82 bits per heavy atom. The van der Waals surface area contributed by atoms with Gasteiger partial charge in [0, 0.05) is 26.0 Å². The van der Waals surface area contributed by atoms with Gasteiger partial charge >= 0.3 is 0 Å². The molecule has 1 N–H and O–H groups in total. The Morgan fingerprint density at radius 2 is 2.14 bits per heavy atom. The smallest absolute Gasteiger partial charge is 0.256 e. The molecule has 1 amide bonds. The molecule has 0 aromatic carbocycles. The summed E-state index contributed by atoms with van der Waals surface area (Å²) < 4.78 is 3.65. The average Bonchev–Trinajstić information content (AvgIpc) is 3.27. The zero-order valence-corrected chi connectivity index (χ0v) is 12.6. The predicted octanol–water partition coefficient (Wildman–Crippen LogP) is 2.15. The Balaban J connectivity index is 1.48. The molecule has 3 atom stereocenters. The van der Waals surface area contributed by atoms with E-state index in [0.717, 1.165) is 18.3 Å². The van der Waals surface area contributed by atoms with E-state index in [0.29, 0.717) is 17.4 Å².